The number of nitrogens with zero attached hydrogens (tertiary/aromatic N) is 1. The molecule has 3 rings (SSSR count). The quantitative estimate of drug-likeness (QED) is 0.792. The second kappa shape index (κ2) is 5.88. The minimum atomic E-state index is -0.0636. The van der Waals surface area contributed by atoms with Gasteiger partial charge in [-0.1, -0.05) is 30.3 Å². The molecule has 5 nitrogen and oxygen atoms in total. The zero-order valence-corrected chi connectivity index (χ0v) is 11.2. The molecule has 104 valence electrons. The van der Waals surface area contributed by atoms with E-state index in [1.807, 2.05) is 30.3 Å². The van der Waals surface area contributed by atoms with Gasteiger partial charge in [0.15, 0.2) is 0 Å². The van der Waals surface area contributed by atoms with Crippen molar-refractivity contribution >= 4 is 5.91 Å². The van der Waals surface area contributed by atoms with Gasteiger partial charge in [0.25, 0.3) is 5.91 Å². The van der Waals surface area contributed by atoms with E-state index in [0.29, 0.717) is 5.56 Å². The third-order valence-corrected chi connectivity index (χ3v) is 3.58. The molecule has 1 aromatic carbocycles. The van der Waals surface area contributed by atoms with Crippen molar-refractivity contribution in [2.45, 2.75) is 18.9 Å². The van der Waals surface area contributed by atoms with E-state index in [1.54, 1.807) is 6.20 Å². The van der Waals surface area contributed by atoms with Crippen LogP contribution in [0.25, 0.3) is 11.3 Å². The number of H-pyrrole nitrogens is 1. The van der Waals surface area contributed by atoms with Crippen LogP contribution in [0, 0.1) is 0 Å². The summed E-state index contributed by atoms with van der Waals surface area (Å²) in [7, 11) is 0. The summed E-state index contributed by atoms with van der Waals surface area (Å²) < 4.78 is 0. The van der Waals surface area contributed by atoms with Crippen LogP contribution < -0.4 is 10.6 Å². The van der Waals surface area contributed by atoms with E-state index in [4.69, 9.17) is 0 Å². The molecule has 0 unspecified atom stereocenters. The Kier molecular flexibility index (Phi) is 3.78. The molecule has 1 amide bonds. The second-order valence-corrected chi connectivity index (χ2v) is 5.04. The van der Waals surface area contributed by atoms with Crippen molar-refractivity contribution in [3.63, 3.8) is 0 Å². The van der Waals surface area contributed by atoms with E-state index in [-0.39, 0.29) is 11.9 Å². The molecule has 0 saturated carbocycles. The van der Waals surface area contributed by atoms with Crippen molar-refractivity contribution in [2.24, 2.45) is 0 Å². The minimum absolute atomic E-state index is 0.0636. The Morgan fingerprint density at radius 2 is 2.15 bits per heavy atom. The van der Waals surface area contributed by atoms with Gasteiger partial charge in [-0.15, -0.1) is 0 Å². The van der Waals surface area contributed by atoms with Crippen molar-refractivity contribution in [3.8, 4) is 11.3 Å². The van der Waals surface area contributed by atoms with E-state index in [1.165, 1.54) is 0 Å². The first-order chi connectivity index (χ1) is 9.84. The van der Waals surface area contributed by atoms with Gasteiger partial charge < -0.3 is 10.6 Å². The number of carbonyl (C=O) groups is 1. The topological polar surface area (TPSA) is 69.8 Å². The van der Waals surface area contributed by atoms with Crippen molar-refractivity contribution in [2.75, 3.05) is 13.1 Å². The molecule has 1 aromatic heterocycles. The highest BCUT2D eigenvalue weighted by Crippen LogP contribution is 2.20. The molecule has 0 aliphatic carbocycles. The molecule has 1 aliphatic rings. The third-order valence-electron chi connectivity index (χ3n) is 3.58. The van der Waals surface area contributed by atoms with Crippen molar-refractivity contribution in [1.82, 2.24) is 20.8 Å². The molecular formula is C15H18N4O. The Bertz CT molecular complexity index is 573. The summed E-state index contributed by atoms with van der Waals surface area (Å²) in [6.07, 6.45) is 3.72. The van der Waals surface area contributed by atoms with Crippen LogP contribution in [0.4, 0.5) is 0 Å². The lowest BCUT2D eigenvalue weighted by Crippen LogP contribution is -2.45. The number of piperidine rings is 1. The van der Waals surface area contributed by atoms with Gasteiger partial charge in [0, 0.05) is 18.2 Å². The van der Waals surface area contributed by atoms with Gasteiger partial charge in [0.1, 0.15) is 0 Å². The van der Waals surface area contributed by atoms with Crippen LogP contribution in [-0.4, -0.2) is 35.2 Å². The van der Waals surface area contributed by atoms with Crippen molar-refractivity contribution < 1.29 is 4.79 Å². The first-order valence-electron chi connectivity index (χ1n) is 6.95. The number of hydrogen-bond donors (Lipinski definition) is 3. The monoisotopic (exact) mass is 270 g/mol. The smallest absolute Gasteiger partial charge is 0.255 e. The summed E-state index contributed by atoms with van der Waals surface area (Å²) in [5, 5.41) is 13.3. The Morgan fingerprint density at radius 3 is 2.90 bits per heavy atom. The third kappa shape index (κ3) is 2.72. The van der Waals surface area contributed by atoms with E-state index in [9.17, 15) is 4.79 Å². The van der Waals surface area contributed by atoms with Crippen molar-refractivity contribution in [1.29, 1.82) is 0 Å². The SMILES string of the molecule is O=C(N[C@H]1CCCNC1)c1cn[nH]c1-c1ccccc1. The zero-order chi connectivity index (χ0) is 13.8. The van der Waals surface area contributed by atoms with Gasteiger partial charge in [0.2, 0.25) is 0 Å². The fourth-order valence-corrected chi connectivity index (χ4v) is 2.52. The van der Waals surface area contributed by atoms with E-state index in [0.717, 1.165) is 37.2 Å². The molecule has 3 N–H and O–H groups in total. The van der Waals surface area contributed by atoms with Gasteiger partial charge in [-0.2, -0.15) is 5.10 Å². The Labute approximate surface area is 117 Å². The Balaban J connectivity index is 1.77. The van der Waals surface area contributed by atoms with Crippen molar-refractivity contribution in [3.05, 3.63) is 42.1 Å². The number of nitrogens with one attached hydrogen (secondary N) is 3. The number of amides is 1. The molecule has 20 heavy (non-hydrogen) atoms. The van der Waals surface area contributed by atoms with Gasteiger partial charge >= 0.3 is 0 Å². The standard InChI is InChI=1S/C15H18N4O/c20-15(18-12-7-4-8-16-9-12)13-10-17-19-14(13)11-5-2-1-3-6-11/h1-3,5-6,10,12,16H,4,7-9H2,(H,17,19)(H,18,20)/t12-/m0/s1. The maximum atomic E-state index is 12.4. The molecule has 2 aromatic rings. The molecule has 1 saturated heterocycles. The number of aromatic amines is 1. The number of aromatic nitrogens is 2. The van der Waals surface area contributed by atoms with E-state index < -0.39 is 0 Å². The summed E-state index contributed by atoms with van der Waals surface area (Å²) in [5.74, 6) is -0.0636. The average molecular weight is 270 g/mol. The fraction of sp³-hybridized carbons (Fsp3) is 0.333. The molecule has 0 bridgehead atoms. The van der Waals surface area contributed by atoms with Crippen LogP contribution in [0.5, 0.6) is 0 Å². The lowest BCUT2D eigenvalue weighted by molar-refractivity contribution is 0.0931. The Hall–Kier alpha value is -2.14. The van der Waals surface area contributed by atoms with Crippen LogP contribution in [0.2, 0.25) is 0 Å². The Morgan fingerprint density at radius 1 is 1.30 bits per heavy atom. The van der Waals surface area contributed by atoms with Crippen LogP contribution in [0.3, 0.4) is 0 Å². The highest BCUT2D eigenvalue weighted by molar-refractivity contribution is 5.99. The van der Waals surface area contributed by atoms with Crippen LogP contribution >= 0.6 is 0 Å². The van der Waals surface area contributed by atoms with Gasteiger partial charge in [0.05, 0.1) is 17.5 Å². The summed E-state index contributed by atoms with van der Waals surface area (Å²) in [5.41, 5.74) is 2.34. The zero-order valence-electron chi connectivity index (χ0n) is 11.2. The largest absolute Gasteiger partial charge is 0.348 e. The predicted octanol–water partition coefficient (Wildman–Crippen LogP) is 1.56. The number of hydrogen-bond acceptors (Lipinski definition) is 3. The number of carbonyl (C=O) groups excluding carboxylic acids is 1. The summed E-state index contributed by atoms with van der Waals surface area (Å²) in [6.45, 7) is 1.87. The lowest BCUT2D eigenvalue weighted by Gasteiger charge is -2.23. The van der Waals surface area contributed by atoms with Crippen LogP contribution in [-0.2, 0) is 0 Å². The number of rotatable bonds is 3. The van der Waals surface area contributed by atoms with Gasteiger partial charge in [-0.3, -0.25) is 9.89 Å². The highest BCUT2D eigenvalue weighted by atomic mass is 16.1. The van der Waals surface area contributed by atoms with E-state index in [2.05, 4.69) is 20.8 Å². The fourth-order valence-electron chi connectivity index (χ4n) is 2.52. The normalized spacial score (nSPS) is 18.7. The first-order valence-corrected chi connectivity index (χ1v) is 6.95. The molecular weight excluding hydrogens is 252 g/mol. The second-order valence-electron chi connectivity index (χ2n) is 5.04. The highest BCUT2D eigenvalue weighted by Gasteiger charge is 2.20. The molecule has 1 aliphatic heterocycles. The molecule has 5 heteroatoms. The van der Waals surface area contributed by atoms with E-state index >= 15 is 0 Å². The van der Waals surface area contributed by atoms with Crippen LogP contribution in [0.1, 0.15) is 23.2 Å². The average Bonchev–Trinajstić information content (AvgIpc) is 2.99. The summed E-state index contributed by atoms with van der Waals surface area (Å²) >= 11 is 0. The van der Waals surface area contributed by atoms with Gasteiger partial charge in [-0.05, 0) is 19.4 Å². The minimum Gasteiger partial charge on any atom is -0.348 e. The van der Waals surface area contributed by atoms with Gasteiger partial charge in [-0.25, -0.2) is 0 Å². The maximum absolute atomic E-state index is 12.4. The lowest BCUT2D eigenvalue weighted by atomic mass is 10.1. The molecule has 0 spiro atoms. The molecule has 2 heterocycles. The summed E-state index contributed by atoms with van der Waals surface area (Å²) in [6, 6.07) is 9.98. The first kappa shape index (κ1) is 12.9. The molecule has 1 atom stereocenters. The summed E-state index contributed by atoms with van der Waals surface area (Å²) in [4.78, 5) is 12.4. The van der Waals surface area contributed by atoms with Crippen LogP contribution in [0.15, 0.2) is 36.5 Å². The molecule has 1 fully saturated rings. The molecule has 0 radical (unpaired) electrons. The number of benzene rings is 1. The predicted molar refractivity (Wildman–Crippen MR) is 77.4 cm³/mol. The maximum Gasteiger partial charge on any atom is 0.255 e.